The molecule has 3 aromatic heterocycles. The third kappa shape index (κ3) is 3.36. The molecule has 0 fully saturated rings. The molecule has 124 valence electrons. The third-order valence-electron chi connectivity index (χ3n) is 3.69. The Kier molecular flexibility index (Phi) is 4.43. The first-order chi connectivity index (χ1) is 11.5. The summed E-state index contributed by atoms with van der Waals surface area (Å²) in [4.78, 5) is 25.0. The lowest BCUT2D eigenvalue weighted by atomic mass is 10.0. The fourth-order valence-electron chi connectivity index (χ4n) is 2.48. The molecule has 0 radical (unpaired) electrons. The Morgan fingerprint density at radius 2 is 2.17 bits per heavy atom. The zero-order valence-electron chi connectivity index (χ0n) is 13.6. The van der Waals surface area contributed by atoms with Gasteiger partial charge in [0.1, 0.15) is 11.5 Å². The molecule has 0 saturated carbocycles. The molecular weight excluding hydrogens is 306 g/mol. The largest absolute Gasteiger partial charge is 0.478 e. The molecule has 0 atom stereocenters. The molecule has 0 aromatic carbocycles. The van der Waals surface area contributed by atoms with Crippen LogP contribution in [-0.4, -0.2) is 58.1 Å². The number of pyridine rings is 2. The van der Waals surface area contributed by atoms with Crippen molar-refractivity contribution in [3.05, 3.63) is 42.4 Å². The predicted octanol–water partition coefficient (Wildman–Crippen LogP) is 2.30. The normalized spacial score (nSPS) is 11.1. The molecular formula is C17H19N5O2. The van der Waals surface area contributed by atoms with Crippen molar-refractivity contribution in [2.24, 2.45) is 0 Å². The number of hydrogen-bond acceptors (Lipinski definition) is 5. The second-order valence-electron chi connectivity index (χ2n) is 5.79. The zero-order valence-corrected chi connectivity index (χ0v) is 13.6. The lowest BCUT2D eigenvalue weighted by Crippen LogP contribution is -2.21. The lowest BCUT2D eigenvalue weighted by Gasteiger charge is -2.12. The highest BCUT2D eigenvalue weighted by Gasteiger charge is 2.11. The second-order valence-corrected chi connectivity index (χ2v) is 5.79. The highest BCUT2D eigenvalue weighted by atomic mass is 16.4. The number of aromatic nitrogens is 3. The van der Waals surface area contributed by atoms with Crippen molar-refractivity contribution in [2.75, 3.05) is 32.5 Å². The minimum Gasteiger partial charge on any atom is -0.478 e. The summed E-state index contributed by atoms with van der Waals surface area (Å²) in [7, 11) is 4.02. The van der Waals surface area contributed by atoms with Crippen molar-refractivity contribution >= 4 is 22.8 Å². The van der Waals surface area contributed by atoms with Gasteiger partial charge in [0.15, 0.2) is 0 Å². The van der Waals surface area contributed by atoms with E-state index in [0.29, 0.717) is 0 Å². The van der Waals surface area contributed by atoms with Gasteiger partial charge in [-0.15, -0.1) is 0 Å². The number of anilines is 1. The fraction of sp³-hybridized carbons (Fsp3) is 0.235. The van der Waals surface area contributed by atoms with E-state index in [9.17, 15) is 9.90 Å². The summed E-state index contributed by atoms with van der Waals surface area (Å²) in [6.45, 7) is 1.65. The maximum absolute atomic E-state index is 11.2. The Bertz CT molecular complexity index is 872. The number of carboxylic acid groups (broad SMARTS) is 1. The van der Waals surface area contributed by atoms with Gasteiger partial charge in [0.05, 0.1) is 5.56 Å². The SMILES string of the molecule is CN(C)CCNc1cc(-c2cncc(C(=O)O)c2)c2cc[nH]c2n1. The molecule has 0 saturated heterocycles. The number of aromatic amines is 1. The highest BCUT2D eigenvalue weighted by molar-refractivity contribution is 5.96. The van der Waals surface area contributed by atoms with Crippen LogP contribution in [-0.2, 0) is 0 Å². The van der Waals surface area contributed by atoms with E-state index < -0.39 is 5.97 Å². The summed E-state index contributed by atoms with van der Waals surface area (Å²) in [5, 5.41) is 13.4. The standard InChI is InChI=1S/C17H19N5O2/c1-22(2)6-5-19-15-8-14(13-3-4-20-16(13)21-15)11-7-12(17(23)24)10-18-9-11/h3-4,7-10H,5-6H2,1-2H3,(H,23,24)(H2,19,20,21). The maximum atomic E-state index is 11.2. The summed E-state index contributed by atoms with van der Waals surface area (Å²) in [6.07, 6.45) is 4.83. The number of fused-ring (bicyclic) bond motifs is 1. The van der Waals surface area contributed by atoms with Crippen molar-refractivity contribution in [3.63, 3.8) is 0 Å². The Balaban J connectivity index is 2.01. The molecule has 3 heterocycles. The monoisotopic (exact) mass is 325 g/mol. The molecule has 3 rings (SSSR count). The van der Waals surface area contributed by atoms with Gasteiger partial charge < -0.3 is 20.3 Å². The molecule has 3 aromatic rings. The van der Waals surface area contributed by atoms with Crippen molar-refractivity contribution in [3.8, 4) is 11.1 Å². The van der Waals surface area contributed by atoms with E-state index in [0.717, 1.165) is 41.1 Å². The van der Waals surface area contributed by atoms with Crippen molar-refractivity contribution in [2.45, 2.75) is 0 Å². The number of likely N-dealkylation sites (N-methyl/N-ethyl adjacent to an activating group) is 1. The molecule has 0 aliphatic heterocycles. The lowest BCUT2D eigenvalue weighted by molar-refractivity contribution is 0.0696. The second kappa shape index (κ2) is 6.67. The first kappa shape index (κ1) is 15.9. The van der Waals surface area contributed by atoms with Crippen LogP contribution < -0.4 is 5.32 Å². The highest BCUT2D eigenvalue weighted by Crippen LogP contribution is 2.29. The van der Waals surface area contributed by atoms with E-state index in [1.54, 1.807) is 12.3 Å². The van der Waals surface area contributed by atoms with Gasteiger partial charge >= 0.3 is 5.97 Å². The Labute approximate surface area is 139 Å². The number of carbonyl (C=O) groups is 1. The number of nitrogens with zero attached hydrogens (tertiary/aromatic N) is 3. The number of rotatable bonds is 6. The van der Waals surface area contributed by atoms with E-state index >= 15 is 0 Å². The van der Waals surface area contributed by atoms with E-state index in [1.807, 2.05) is 32.4 Å². The first-order valence-electron chi connectivity index (χ1n) is 7.60. The molecule has 7 nitrogen and oxygen atoms in total. The predicted molar refractivity (Wildman–Crippen MR) is 93.3 cm³/mol. The zero-order chi connectivity index (χ0) is 17.1. The quantitative estimate of drug-likeness (QED) is 0.644. The van der Waals surface area contributed by atoms with Gasteiger partial charge in [-0.05, 0) is 37.9 Å². The van der Waals surface area contributed by atoms with E-state index in [-0.39, 0.29) is 5.56 Å². The smallest absolute Gasteiger partial charge is 0.337 e. The van der Waals surface area contributed by atoms with Gasteiger partial charge in [-0.25, -0.2) is 9.78 Å². The summed E-state index contributed by atoms with van der Waals surface area (Å²) in [5.41, 5.74) is 2.55. The van der Waals surface area contributed by atoms with Gasteiger partial charge in [-0.1, -0.05) is 0 Å². The number of carboxylic acids is 1. The summed E-state index contributed by atoms with van der Waals surface area (Å²) >= 11 is 0. The van der Waals surface area contributed by atoms with E-state index in [2.05, 4.69) is 25.2 Å². The van der Waals surface area contributed by atoms with Gasteiger partial charge in [0, 0.05) is 42.6 Å². The van der Waals surface area contributed by atoms with Crippen LogP contribution in [0.15, 0.2) is 36.8 Å². The molecule has 24 heavy (non-hydrogen) atoms. The Hall–Kier alpha value is -2.93. The average Bonchev–Trinajstić information content (AvgIpc) is 3.02. The van der Waals surface area contributed by atoms with E-state index in [1.165, 1.54) is 6.20 Å². The van der Waals surface area contributed by atoms with Crippen LogP contribution in [0, 0.1) is 0 Å². The molecule has 0 unspecified atom stereocenters. The van der Waals surface area contributed by atoms with Crippen molar-refractivity contribution in [1.82, 2.24) is 19.9 Å². The Morgan fingerprint density at radius 3 is 2.92 bits per heavy atom. The van der Waals surface area contributed by atoms with Crippen LogP contribution in [0.3, 0.4) is 0 Å². The number of nitrogens with one attached hydrogen (secondary N) is 2. The summed E-state index contributed by atoms with van der Waals surface area (Å²) in [6, 6.07) is 5.48. The molecule has 0 bridgehead atoms. The number of hydrogen-bond donors (Lipinski definition) is 3. The van der Waals surface area contributed by atoms with E-state index in [4.69, 9.17) is 0 Å². The van der Waals surface area contributed by atoms with Crippen LogP contribution in [0.2, 0.25) is 0 Å². The van der Waals surface area contributed by atoms with Crippen LogP contribution in [0.1, 0.15) is 10.4 Å². The maximum Gasteiger partial charge on any atom is 0.337 e. The molecule has 0 spiro atoms. The Morgan fingerprint density at radius 1 is 1.33 bits per heavy atom. The topological polar surface area (TPSA) is 94.1 Å². The van der Waals surface area contributed by atoms with Gasteiger partial charge in [-0.3, -0.25) is 4.98 Å². The van der Waals surface area contributed by atoms with Crippen LogP contribution in [0.4, 0.5) is 5.82 Å². The summed E-state index contributed by atoms with van der Waals surface area (Å²) < 4.78 is 0. The minimum atomic E-state index is -0.993. The van der Waals surface area contributed by atoms with Crippen molar-refractivity contribution in [1.29, 1.82) is 0 Å². The number of aromatic carboxylic acids is 1. The molecule has 0 aliphatic carbocycles. The van der Waals surface area contributed by atoms with Crippen LogP contribution in [0.5, 0.6) is 0 Å². The van der Waals surface area contributed by atoms with Gasteiger partial charge in [0.25, 0.3) is 0 Å². The molecule has 7 heteroatoms. The summed E-state index contributed by atoms with van der Waals surface area (Å²) in [5.74, 6) is -0.254. The third-order valence-corrected chi connectivity index (χ3v) is 3.69. The average molecular weight is 325 g/mol. The fourth-order valence-corrected chi connectivity index (χ4v) is 2.48. The molecule has 0 amide bonds. The number of H-pyrrole nitrogens is 1. The first-order valence-corrected chi connectivity index (χ1v) is 7.60. The molecule has 3 N–H and O–H groups in total. The molecule has 0 aliphatic rings. The van der Waals surface area contributed by atoms with Crippen LogP contribution >= 0.6 is 0 Å². The van der Waals surface area contributed by atoms with Crippen molar-refractivity contribution < 1.29 is 9.90 Å². The van der Waals surface area contributed by atoms with Crippen LogP contribution in [0.25, 0.3) is 22.2 Å². The minimum absolute atomic E-state index is 0.162. The van der Waals surface area contributed by atoms with Gasteiger partial charge in [-0.2, -0.15) is 0 Å². The van der Waals surface area contributed by atoms with Gasteiger partial charge in [0.2, 0.25) is 0 Å².